The van der Waals surface area contributed by atoms with Gasteiger partial charge in [0.2, 0.25) is 0 Å². The third-order valence-electron chi connectivity index (χ3n) is 4.01. The Morgan fingerprint density at radius 1 is 1.26 bits per heavy atom. The zero-order chi connectivity index (χ0) is 14.0. The third-order valence-corrected chi connectivity index (χ3v) is 4.01. The number of aryl methyl sites for hydroxylation is 1. The first-order valence-corrected chi connectivity index (χ1v) is 7.03. The molecule has 2 unspecified atom stereocenters. The van der Waals surface area contributed by atoms with E-state index in [1.807, 2.05) is 4.90 Å². The average molecular weight is 268 g/mol. The minimum Gasteiger partial charge on any atom is -0.361 e. The maximum Gasteiger partial charge on any atom is 0.152 e. The standard InChI is InChI=1S/C15H22F2N2/c1-4-11-9-19(12(5-2)8-18-11)15-13(16)7-6-10(3)14(15)17/h6-7,11-12,18H,4-5,8-9H2,1-3H3. The second-order valence-electron chi connectivity index (χ2n) is 5.25. The molecule has 1 heterocycles. The van der Waals surface area contributed by atoms with E-state index < -0.39 is 11.6 Å². The van der Waals surface area contributed by atoms with Crippen LogP contribution in [0.4, 0.5) is 14.5 Å². The fraction of sp³-hybridized carbons (Fsp3) is 0.600. The van der Waals surface area contributed by atoms with E-state index in [-0.39, 0.29) is 11.7 Å². The monoisotopic (exact) mass is 268 g/mol. The Morgan fingerprint density at radius 2 is 2.00 bits per heavy atom. The van der Waals surface area contributed by atoms with Crippen molar-refractivity contribution in [1.82, 2.24) is 5.32 Å². The van der Waals surface area contributed by atoms with Crippen molar-refractivity contribution < 1.29 is 8.78 Å². The van der Waals surface area contributed by atoms with Gasteiger partial charge in [-0.2, -0.15) is 0 Å². The highest BCUT2D eigenvalue weighted by Crippen LogP contribution is 2.29. The van der Waals surface area contributed by atoms with E-state index in [1.165, 1.54) is 12.1 Å². The van der Waals surface area contributed by atoms with Gasteiger partial charge in [-0.3, -0.25) is 0 Å². The van der Waals surface area contributed by atoms with Crippen molar-refractivity contribution in [2.45, 2.75) is 45.7 Å². The molecule has 4 heteroatoms. The van der Waals surface area contributed by atoms with Crippen molar-refractivity contribution in [3.8, 4) is 0 Å². The fourth-order valence-electron chi connectivity index (χ4n) is 2.68. The van der Waals surface area contributed by atoms with E-state index in [1.54, 1.807) is 6.92 Å². The van der Waals surface area contributed by atoms with E-state index in [0.717, 1.165) is 19.4 Å². The molecule has 1 aromatic rings. The summed E-state index contributed by atoms with van der Waals surface area (Å²) >= 11 is 0. The van der Waals surface area contributed by atoms with Gasteiger partial charge in [0.1, 0.15) is 11.5 Å². The van der Waals surface area contributed by atoms with E-state index in [2.05, 4.69) is 19.2 Å². The van der Waals surface area contributed by atoms with Crippen molar-refractivity contribution in [3.05, 3.63) is 29.3 Å². The van der Waals surface area contributed by atoms with Gasteiger partial charge in [-0.15, -0.1) is 0 Å². The van der Waals surface area contributed by atoms with Crippen molar-refractivity contribution in [1.29, 1.82) is 0 Å². The second-order valence-corrected chi connectivity index (χ2v) is 5.25. The van der Waals surface area contributed by atoms with E-state index >= 15 is 0 Å². The number of benzene rings is 1. The maximum absolute atomic E-state index is 14.3. The predicted octanol–water partition coefficient (Wildman–Crippen LogP) is 3.24. The summed E-state index contributed by atoms with van der Waals surface area (Å²) in [4.78, 5) is 1.91. The fourth-order valence-corrected chi connectivity index (χ4v) is 2.68. The molecule has 2 nitrogen and oxygen atoms in total. The number of hydrogen-bond donors (Lipinski definition) is 1. The van der Waals surface area contributed by atoms with E-state index in [4.69, 9.17) is 0 Å². The molecule has 0 saturated carbocycles. The number of nitrogens with zero attached hydrogens (tertiary/aromatic N) is 1. The summed E-state index contributed by atoms with van der Waals surface area (Å²) in [6, 6.07) is 3.30. The summed E-state index contributed by atoms with van der Waals surface area (Å²) in [5.74, 6) is -0.881. The van der Waals surface area contributed by atoms with Crippen LogP contribution in [0.15, 0.2) is 12.1 Å². The molecule has 19 heavy (non-hydrogen) atoms. The molecule has 0 radical (unpaired) electrons. The van der Waals surface area contributed by atoms with Crippen LogP contribution in [0.1, 0.15) is 32.3 Å². The second kappa shape index (κ2) is 5.87. The summed E-state index contributed by atoms with van der Waals surface area (Å²) in [5.41, 5.74) is 0.643. The van der Waals surface area contributed by atoms with Crippen LogP contribution in [0.5, 0.6) is 0 Å². The van der Waals surface area contributed by atoms with Crippen molar-refractivity contribution >= 4 is 5.69 Å². The van der Waals surface area contributed by atoms with Crippen molar-refractivity contribution in [3.63, 3.8) is 0 Å². The topological polar surface area (TPSA) is 15.3 Å². The smallest absolute Gasteiger partial charge is 0.152 e. The lowest BCUT2D eigenvalue weighted by molar-refractivity contribution is 0.371. The molecule has 0 aromatic heterocycles. The molecule has 1 aliphatic rings. The third kappa shape index (κ3) is 2.73. The maximum atomic E-state index is 14.3. The molecule has 2 rings (SSSR count). The number of rotatable bonds is 3. The minimum atomic E-state index is -0.460. The van der Waals surface area contributed by atoms with Gasteiger partial charge in [0.05, 0.1) is 0 Å². The van der Waals surface area contributed by atoms with Crippen LogP contribution < -0.4 is 10.2 Å². The van der Waals surface area contributed by atoms with Gasteiger partial charge in [0.15, 0.2) is 5.82 Å². The predicted molar refractivity (Wildman–Crippen MR) is 74.6 cm³/mol. The summed E-state index contributed by atoms with van der Waals surface area (Å²) < 4.78 is 28.3. The molecule has 1 fully saturated rings. The van der Waals surface area contributed by atoms with Crippen LogP contribution in [-0.2, 0) is 0 Å². The zero-order valence-corrected chi connectivity index (χ0v) is 11.8. The first-order valence-electron chi connectivity index (χ1n) is 7.03. The van der Waals surface area contributed by atoms with Gasteiger partial charge in [0.25, 0.3) is 0 Å². The largest absolute Gasteiger partial charge is 0.361 e. The van der Waals surface area contributed by atoms with Gasteiger partial charge in [-0.1, -0.05) is 19.9 Å². The highest BCUT2D eigenvalue weighted by molar-refractivity contribution is 5.53. The van der Waals surface area contributed by atoms with Crippen LogP contribution in [0.25, 0.3) is 0 Å². The molecule has 1 N–H and O–H groups in total. The Kier molecular flexibility index (Phi) is 4.40. The molecular formula is C15H22F2N2. The number of piperazine rings is 1. The van der Waals surface area contributed by atoms with Crippen LogP contribution in [0.3, 0.4) is 0 Å². The first-order chi connectivity index (χ1) is 9.08. The normalized spacial score (nSPS) is 23.7. The summed E-state index contributed by atoms with van der Waals surface area (Å²) in [6.45, 7) is 7.26. The SMILES string of the molecule is CCC1CN(c2c(F)ccc(C)c2F)C(CC)CN1. The highest BCUT2D eigenvalue weighted by Gasteiger charge is 2.30. The molecule has 0 amide bonds. The molecule has 0 aliphatic carbocycles. The Balaban J connectivity index is 2.39. The van der Waals surface area contributed by atoms with Crippen LogP contribution in [-0.4, -0.2) is 25.2 Å². The van der Waals surface area contributed by atoms with Crippen LogP contribution in [0.2, 0.25) is 0 Å². The molecule has 0 spiro atoms. The first kappa shape index (κ1) is 14.3. The van der Waals surface area contributed by atoms with Gasteiger partial charge in [-0.05, 0) is 31.4 Å². The van der Waals surface area contributed by atoms with E-state index in [9.17, 15) is 8.78 Å². The molecule has 0 bridgehead atoms. The molecule has 1 saturated heterocycles. The quantitative estimate of drug-likeness (QED) is 0.905. The lowest BCUT2D eigenvalue weighted by Gasteiger charge is -2.41. The summed E-state index contributed by atoms with van der Waals surface area (Å²) in [6.07, 6.45) is 1.83. The molecular weight excluding hydrogens is 246 g/mol. The van der Waals surface area contributed by atoms with Gasteiger partial charge in [-0.25, -0.2) is 8.78 Å². The Labute approximate surface area is 113 Å². The number of halogens is 2. The zero-order valence-electron chi connectivity index (χ0n) is 11.8. The number of nitrogens with one attached hydrogen (secondary N) is 1. The Bertz CT molecular complexity index is 448. The molecule has 1 aromatic carbocycles. The Morgan fingerprint density at radius 3 is 2.63 bits per heavy atom. The lowest BCUT2D eigenvalue weighted by atomic mass is 10.0. The van der Waals surface area contributed by atoms with E-state index in [0.29, 0.717) is 18.2 Å². The van der Waals surface area contributed by atoms with Crippen molar-refractivity contribution in [2.24, 2.45) is 0 Å². The summed E-state index contributed by atoms with van der Waals surface area (Å²) in [5, 5.41) is 3.44. The average Bonchev–Trinajstić information content (AvgIpc) is 2.43. The molecule has 106 valence electrons. The molecule has 1 aliphatic heterocycles. The highest BCUT2D eigenvalue weighted by atomic mass is 19.1. The van der Waals surface area contributed by atoms with Gasteiger partial charge in [0, 0.05) is 25.2 Å². The van der Waals surface area contributed by atoms with Gasteiger partial charge >= 0.3 is 0 Å². The number of anilines is 1. The van der Waals surface area contributed by atoms with Crippen LogP contribution in [0, 0.1) is 18.6 Å². The van der Waals surface area contributed by atoms with Crippen LogP contribution >= 0.6 is 0 Å². The lowest BCUT2D eigenvalue weighted by Crippen LogP contribution is -2.56. The van der Waals surface area contributed by atoms with Crippen molar-refractivity contribution in [2.75, 3.05) is 18.0 Å². The van der Waals surface area contributed by atoms with Gasteiger partial charge < -0.3 is 10.2 Å². The molecule has 2 atom stereocenters. The Hall–Kier alpha value is -1.16. The summed E-state index contributed by atoms with van der Waals surface area (Å²) in [7, 11) is 0. The number of hydrogen-bond acceptors (Lipinski definition) is 2. The minimum absolute atomic E-state index is 0.145.